The van der Waals surface area contributed by atoms with E-state index in [9.17, 15) is 18.0 Å². The van der Waals surface area contributed by atoms with Crippen molar-refractivity contribution in [1.82, 2.24) is 19.7 Å². The van der Waals surface area contributed by atoms with Crippen LogP contribution in [-0.2, 0) is 24.4 Å². The van der Waals surface area contributed by atoms with Crippen molar-refractivity contribution < 1.29 is 18.0 Å². The number of carbonyl (C=O) groups is 1. The van der Waals surface area contributed by atoms with E-state index in [4.69, 9.17) is 5.73 Å². The zero-order chi connectivity index (χ0) is 22.2. The number of aryl methyl sites for hydroxylation is 1. The highest BCUT2D eigenvalue weighted by molar-refractivity contribution is 5.98. The van der Waals surface area contributed by atoms with Crippen LogP contribution in [0.2, 0.25) is 0 Å². The number of nitrogens with two attached hydrogens (primary N) is 1. The Bertz CT molecular complexity index is 1260. The van der Waals surface area contributed by atoms with Gasteiger partial charge in [-0.15, -0.1) is 0 Å². The van der Waals surface area contributed by atoms with Gasteiger partial charge in [0, 0.05) is 18.3 Å². The fourth-order valence-electron chi connectivity index (χ4n) is 3.27. The number of nitrogen functional groups attached to an aromatic ring is 1. The highest BCUT2D eigenvalue weighted by Crippen LogP contribution is 2.31. The molecular weight excluding hydrogens is 409 g/mol. The largest absolute Gasteiger partial charge is 0.416 e. The van der Waals surface area contributed by atoms with Crippen molar-refractivity contribution in [2.45, 2.75) is 12.6 Å². The van der Waals surface area contributed by atoms with Crippen molar-refractivity contribution in [3.63, 3.8) is 0 Å². The van der Waals surface area contributed by atoms with Crippen LogP contribution in [0.5, 0.6) is 0 Å². The molecule has 158 valence electrons. The van der Waals surface area contributed by atoms with E-state index < -0.39 is 17.6 Å². The predicted octanol–water partition coefficient (Wildman–Crippen LogP) is 3.81. The number of hydrogen-bond donors (Lipinski definition) is 2. The Morgan fingerprint density at radius 3 is 2.58 bits per heavy atom. The van der Waals surface area contributed by atoms with Crippen LogP contribution in [0, 0.1) is 0 Å². The summed E-state index contributed by atoms with van der Waals surface area (Å²) in [4.78, 5) is 20.5. The lowest BCUT2D eigenvalue weighted by Gasteiger charge is -2.09. The quantitative estimate of drug-likeness (QED) is 0.517. The van der Waals surface area contributed by atoms with Gasteiger partial charge in [-0.3, -0.25) is 4.79 Å². The van der Waals surface area contributed by atoms with Gasteiger partial charge in [-0.1, -0.05) is 30.3 Å². The summed E-state index contributed by atoms with van der Waals surface area (Å²) in [5.41, 5.74) is 7.94. The minimum atomic E-state index is -4.45. The molecule has 2 heterocycles. The standard InChI is InChI=1S/C21H17F3N6O/c1-30-20-17(19(25)26-11-27-20)18(29-30)13-5-7-15(8-6-13)28-16(31)10-12-3-2-4-14(9-12)21(22,23)24/h2-9,11H,10H2,1H3,(H,28,31)(H2,25,26,27). The van der Waals surface area contributed by atoms with Gasteiger partial charge >= 0.3 is 6.18 Å². The maximum absolute atomic E-state index is 12.8. The van der Waals surface area contributed by atoms with Gasteiger partial charge in [0.2, 0.25) is 5.91 Å². The summed E-state index contributed by atoms with van der Waals surface area (Å²) in [5, 5.41) is 7.77. The number of anilines is 2. The predicted molar refractivity (Wildman–Crippen MR) is 110 cm³/mol. The number of aromatic nitrogens is 4. The van der Waals surface area contributed by atoms with Crippen molar-refractivity contribution in [3.8, 4) is 11.3 Å². The molecule has 10 heteroatoms. The third kappa shape index (κ3) is 4.18. The van der Waals surface area contributed by atoms with E-state index in [0.717, 1.165) is 17.7 Å². The Balaban J connectivity index is 1.50. The van der Waals surface area contributed by atoms with Crippen LogP contribution in [0.1, 0.15) is 11.1 Å². The second-order valence-corrected chi connectivity index (χ2v) is 6.93. The molecule has 0 aliphatic heterocycles. The van der Waals surface area contributed by atoms with E-state index in [0.29, 0.717) is 28.2 Å². The maximum atomic E-state index is 12.8. The molecule has 3 N–H and O–H groups in total. The smallest absolute Gasteiger partial charge is 0.383 e. The van der Waals surface area contributed by atoms with Gasteiger partial charge in [0.05, 0.1) is 17.4 Å². The summed E-state index contributed by atoms with van der Waals surface area (Å²) in [6.45, 7) is 0. The third-order valence-electron chi connectivity index (χ3n) is 4.71. The van der Waals surface area contributed by atoms with E-state index in [1.54, 1.807) is 36.0 Å². The number of amides is 1. The molecule has 4 aromatic rings. The van der Waals surface area contributed by atoms with Gasteiger partial charge < -0.3 is 11.1 Å². The van der Waals surface area contributed by atoms with E-state index in [1.807, 2.05) is 0 Å². The number of rotatable bonds is 4. The Morgan fingerprint density at radius 2 is 1.87 bits per heavy atom. The molecule has 0 radical (unpaired) electrons. The first-order valence-electron chi connectivity index (χ1n) is 9.22. The number of fused-ring (bicyclic) bond motifs is 1. The highest BCUT2D eigenvalue weighted by Gasteiger charge is 2.30. The maximum Gasteiger partial charge on any atom is 0.416 e. The van der Waals surface area contributed by atoms with E-state index in [2.05, 4.69) is 20.4 Å². The molecule has 4 rings (SSSR count). The monoisotopic (exact) mass is 426 g/mol. The second-order valence-electron chi connectivity index (χ2n) is 6.93. The van der Waals surface area contributed by atoms with Crippen molar-refractivity contribution in [2.75, 3.05) is 11.1 Å². The summed E-state index contributed by atoms with van der Waals surface area (Å²) in [6, 6.07) is 11.6. The van der Waals surface area contributed by atoms with Crippen LogP contribution in [0.4, 0.5) is 24.7 Å². The zero-order valence-electron chi connectivity index (χ0n) is 16.3. The Kier molecular flexibility index (Phi) is 5.05. The Labute approximate surface area is 174 Å². The van der Waals surface area contributed by atoms with Crippen LogP contribution in [0.25, 0.3) is 22.3 Å². The molecule has 0 fully saturated rings. The van der Waals surface area contributed by atoms with Gasteiger partial charge in [-0.25, -0.2) is 14.6 Å². The highest BCUT2D eigenvalue weighted by atomic mass is 19.4. The molecule has 0 saturated carbocycles. The first-order chi connectivity index (χ1) is 14.7. The molecule has 31 heavy (non-hydrogen) atoms. The number of nitrogens with zero attached hydrogens (tertiary/aromatic N) is 4. The van der Waals surface area contributed by atoms with Crippen molar-refractivity contribution >= 4 is 28.4 Å². The number of hydrogen-bond acceptors (Lipinski definition) is 5. The molecule has 7 nitrogen and oxygen atoms in total. The van der Waals surface area contributed by atoms with E-state index in [-0.39, 0.29) is 12.0 Å². The number of nitrogens with one attached hydrogen (secondary N) is 1. The molecule has 0 atom stereocenters. The number of alkyl halides is 3. The average Bonchev–Trinajstić information content (AvgIpc) is 3.06. The van der Waals surface area contributed by atoms with E-state index >= 15 is 0 Å². The third-order valence-corrected chi connectivity index (χ3v) is 4.71. The number of halogens is 3. The first-order valence-corrected chi connectivity index (χ1v) is 9.22. The second kappa shape index (κ2) is 7.71. The molecule has 0 bridgehead atoms. The lowest BCUT2D eigenvalue weighted by molar-refractivity contribution is -0.137. The zero-order valence-corrected chi connectivity index (χ0v) is 16.3. The van der Waals surface area contributed by atoms with Crippen molar-refractivity contribution in [1.29, 1.82) is 0 Å². The van der Waals surface area contributed by atoms with Crippen LogP contribution >= 0.6 is 0 Å². The van der Waals surface area contributed by atoms with Crippen molar-refractivity contribution in [3.05, 3.63) is 66.0 Å². The lowest BCUT2D eigenvalue weighted by atomic mass is 10.1. The molecule has 2 aromatic heterocycles. The van der Waals surface area contributed by atoms with Gasteiger partial charge in [-0.2, -0.15) is 18.3 Å². The molecular formula is C21H17F3N6O. The summed E-state index contributed by atoms with van der Waals surface area (Å²) < 4.78 is 40.1. The molecule has 0 saturated heterocycles. The fourth-order valence-corrected chi connectivity index (χ4v) is 3.27. The fraction of sp³-hybridized carbons (Fsp3) is 0.143. The number of carbonyl (C=O) groups excluding carboxylic acids is 1. The number of benzene rings is 2. The van der Waals surface area contributed by atoms with Crippen LogP contribution < -0.4 is 11.1 Å². The molecule has 0 aliphatic carbocycles. The summed E-state index contributed by atoms with van der Waals surface area (Å²) in [5.74, 6) is -0.112. The molecule has 2 aromatic carbocycles. The molecule has 0 unspecified atom stereocenters. The van der Waals surface area contributed by atoms with E-state index in [1.165, 1.54) is 18.5 Å². The minimum absolute atomic E-state index is 0.176. The molecule has 0 spiro atoms. The van der Waals surface area contributed by atoms with Crippen LogP contribution in [0.15, 0.2) is 54.9 Å². The van der Waals surface area contributed by atoms with Crippen LogP contribution in [0.3, 0.4) is 0 Å². The normalized spacial score (nSPS) is 11.6. The Hall–Kier alpha value is -3.95. The van der Waals surface area contributed by atoms with Gasteiger partial charge in [-0.05, 0) is 23.8 Å². The first kappa shape index (κ1) is 20.3. The van der Waals surface area contributed by atoms with Gasteiger partial charge in [0.1, 0.15) is 17.8 Å². The average molecular weight is 426 g/mol. The summed E-state index contributed by atoms with van der Waals surface area (Å²) in [6.07, 6.45) is -3.26. The molecule has 1 amide bonds. The SMILES string of the molecule is Cn1nc(-c2ccc(NC(=O)Cc3cccc(C(F)(F)F)c3)cc2)c2c(N)ncnc21. The molecule has 0 aliphatic rings. The Morgan fingerprint density at radius 1 is 1.13 bits per heavy atom. The van der Waals surface area contributed by atoms with Crippen molar-refractivity contribution in [2.24, 2.45) is 7.05 Å². The summed E-state index contributed by atoms with van der Waals surface area (Å²) in [7, 11) is 1.75. The van der Waals surface area contributed by atoms with Gasteiger partial charge in [0.15, 0.2) is 5.65 Å². The van der Waals surface area contributed by atoms with Crippen LogP contribution in [-0.4, -0.2) is 25.7 Å². The minimum Gasteiger partial charge on any atom is -0.383 e. The lowest BCUT2D eigenvalue weighted by Crippen LogP contribution is -2.15. The summed E-state index contributed by atoms with van der Waals surface area (Å²) >= 11 is 0. The van der Waals surface area contributed by atoms with Gasteiger partial charge in [0.25, 0.3) is 0 Å². The topological polar surface area (TPSA) is 98.7 Å².